The van der Waals surface area contributed by atoms with E-state index in [1.54, 1.807) is 14.2 Å². The monoisotopic (exact) mass is 383 g/mol. The second kappa shape index (κ2) is 6.74. The summed E-state index contributed by atoms with van der Waals surface area (Å²) in [5, 5.41) is 0.779. The maximum absolute atomic E-state index is 11.9. The van der Waals surface area contributed by atoms with Crippen molar-refractivity contribution in [2.45, 2.75) is 25.7 Å². The number of primary amides is 1. The van der Waals surface area contributed by atoms with Crippen molar-refractivity contribution in [2.24, 2.45) is 5.73 Å². The molecule has 0 atom stereocenters. The third-order valence-electron chi connectivity index (χ3n) is 5.05. The number of pyridine rings is 1. The molecule has 1 aromatic carbocycles. The van der Waals surface area contributed by atoms with Crippen LogP contribution >= 0.6 is 11.3 Å². The van der Waals surface area contributed by atoms with Crippen molar-refractivity contribution >= 4 is 33.1 Å². The Labute approximate surface area is 161 Å². The number of aryl methyl sites for hydroxylation is 1. The van der Waals surface area contributed by atoms with Gasteiger partial charge in [-0.1, -0.05) is 0 Å². The van der Waals surface area contributed by atoms with Crippen molar-refractivity contribution in [3.63, 3.8) is 0 Å². The molecule has 2 aromatic heterocycles. The predicted molar refractivity (Wildman–Crippen MR) is 108 cm³/mol. The zero-order valence-electron chi connectivity index (χ0n) is 15.3. The van der Waals surface area contributed by atoms with E-state index in [1.165, 1.54) is 16.9 Å². The first-order chi connectivity index (χ1) is 13.0. The highest BCUT2D eigenvalue weighted by molar-refractivity contribution is 7.21. The Morgan fingerprint density at radius 3 is 2.67 bits per heavy atom. The lowest BCUT2D eigenvalue weighted by atomic mass is 9.87. The number of anilines is 1. The van der Waals surface area contributed by atoms with Crippen LogP contribution < -0.4 is 20.9 Å². The number of benzene rings is 1. The Morgan fingerprint density at radius 2 is 1.96 bits per heavy atom. The van der Waals surface area contributed by atoms with E-state index >= 15 is 0 Å². The number of carbonyl (C=O) groups excluding carboxylic acids is 1. The quantitative estimate of drug-likeness (QED) is 0.718. The highest BCUT2D eigenvalue weighted by atomic mass is 32.1. The Kier molecular flexibility index (Phi) is 4.39. The molecule has 0 radical (unpaired) electrons. The first-order valence-corrected chi connectivity index (χ1v) is 9.62. The van der Waals surface area contributed by atoms with E-state index in [9.17, 15) is 4.79 Å². The van der Waals surface area contributed by atoms with Crippen molar-refractivity contribution in [3.05, 3.63) is 34.3 Å². The Balaban J connectivity index is 2.14. The van der Waals surface area contributed by atoms with E-state index in [2.05, 4.69) is 0 Å². The van der Waals surface area contributed by atoms with Crippen LogP contribution in [0, 0.1) is 0 Å². The number of thiophene rings is 1. The number of amides is 1. The Hall–Kier alpha value is -2.80. The first kappa shape index (κ1) is 17.6. The molecular weight excluding hydrogens is 362 g/mol. The standard InChI is InChI=1S/C20H21N3O3S/c1-25-10-7-8-14(26-2)12(9-10)15-11-5-3-4-6-13(11)23-20-16(15)17(21)18(27-20)19(22)24/h7-9H,3-6,21H2,1-2H3,(H2,22,24). The van der Waals surface area contributed by atoms with Gasteiger partial charge in [0.15, 0.2) is 0 Å². The molecule has 6 nitrogen and oxygen atoms in total. The van der Waals surface area contributed by atoms with Crippen molar-refractivity contribution in [3.8, 4) is 22.6 Å². The van der Waals surface area contributed by atoms with Crippen LogP contribution in [0.25, 0.3) is 21.3 Å². The van der Waals surface area contributed by atoms with Crippen molar-refractivity contribution in [2.75, 3.05) is 20.0 Å². The molecule has 0 saturated heterocycles. The summed E-state index contributed by atoms with van der Waals surface area (Å²) in [6.07, 6.45) is 4.01. The van der Waals surface area contributed by atoms with E-state index in [0.29, 0.717) is 10.6 Å². The third kappa shape index (κ3) is 2.78. The van der Waals surface area contributed by atoms with Crippen LogP contribution in [-0.2, 0) is 12.8 Å². The molecule has 2 heterocycles. The number of hydrogen-bond donors (Lipinski definition) is 2. The molecule has 4 rings (SSSR count). The van der Waals surface area contributed by atoms with Crippen LogP contribution in [0.4, 0.5) is 5.69 Å². The van der Waals surface area contributed by atoms with Gasteiger partial charge in [-0.2, -0.15) is 0 Å². The lowest BCUT2D eigenvalue weighted by molar-refractivity contribution is 0.100. The van der Waals surface area contributed by atoms with Gasteiger partial charge in [0.2, 0.25) is 0 Å². The Morgan fingerprint density at radius 1 is 1.19 bits per heavy atom. The summed E-state index contributed by atoms with van der Waals surface area (Å²) in [5.41, 5.74) is 16.4. The van der Waals surface area contributed by atoms with Crippen molar-refractivity contribution < 1.29 is 14.3 Å². The van der Waals surface area contributed by atoms with E-state index in [4.69, 9.17) is 25.9 Å². The zero-order chi connectivity index (χ0) is 19.1. The summed E-state index contributed by atoms with van der Waals surface area (Å²) in [5.74, 6) is 0.920. The minimum atomic E-state index is -0.531. The van der Waals surface area contributed by atoms with Crippen molar-refractivity contribution in [1.29, 1.82) is 0 Å². The fourth-order valence-corrected chi connectivity index (χ4v) is 4.77. The fraction of sp³-hybridized carbons (Fsp3) is 0.300. The summed E-state index contributed by atoms with van der Waals surface area (Å²) in [7, 11) is 3.27. The van der Waals surface area contributed by atoms with Crippen LogP contribution in [0.2, 0.25) is 0 Å². The molecule has 0 bridgehead atoms. The number of nitrogen functional groups attached to an aromatic ring is 1. The lowest BCUT2D eigenvalue weighted by Crippen LogP contribution is -2.11. The summed E-state index contributed by atoms with van der Waals surface area (Å²) < 4.78 is 11.1. The maximum atomic E-state index is 11.9. The molecule has 1 amide bonds. The number of nitrogens with two attached hydrogens (primary N) is 2. The second-order valence-electron chi connectivity index (χ2n) is 6.57. The van der Waals surface area contributed by atoms with Crippen LogP contribution in [0.5, 0.6) is 11.5 Å². The van der Waals surface area contributed by atoms with Gasteiger partial charge in [0, 0.05) is 22.2 Å². The van der Waals surface area contributed by atoms with Gasteiger partial charge >= 0.3 is 0 Å². The minimum Gasteiger partial charge on any atom is -0.497 e. The summed E-state index contributed by atoms with van der Waals surface area (Å²) in [6, 6.07) is 5.69. The molecule has 7 heteroatoms. The van der Waals surface area contributed by atoms with E-state index in [0.717, 1.165) is 64.2 Å². The van der Waals surface area contributed by atoms with Crippen LogP contribution in [0.3, 0.4) is 0 Å². The minimum absolute atomic E-state index is 0.350. The molecule has 1 aliphatic rings. The number of rotatable bonds is 4. The van der Waals surface area contributed by atoms with Gasteiger partial charge in [0.05, 0.1) is 19.9 Å². The summed E-state index contributed by atoms with van der Waals surface area (Å²) in [4.78, 5) is 17.8. The molecule has 3 aromatic rings. The molecule has 0 aliphatic heterocycles. The molecule has 0 saturated carbocycles. The second-order valence-corrected chi connectivity index (χ2v) is 7.57. The third-order valence-corrected chi connectivity index (χ3v) is 6.17. The molecule has 0 unspecified atom stereocenters. The zero-order valence-corrected chi connectivity index (χ0v) is 16.1. The number of nitrogens with zero attached hydrogens (tertiary/aromatic N) is 1. The van der Waals surface area contributed by atoms with E-state index in [-0.39, 0.29) is 0 Å². The van der Waals surface area contributed by atoms with Crippen LogP contribution in [0.1, 0.15) is 33.8 Å². The molecule has 140 valence electrons. The number of methoxy groups -OCH3 is 2. The number of hydrogen-bond acceptors (Lipinski definition) is 6. The highest BCUT2D eigenvalue weighted by Crippen LogP contribution is 2.46. The number of aromatic nitrogens is 1. The fourth-order valence-electron chi connectivity index (χ4n) is 3.80. The SMILES string of the molecule is COc1ccc(OC)c(-c2c3c(nc4sc(C(N)=O)c(N)c24)CCCC3)c1. The maximum Gasteiger partial charge on any atom is 0.260 e. The molecule has 1 aliphatic carbocycles. The topological polar surface area (TPSA) is 100 Å². The average Bonchev–Trinajstić information content (AvgIpc) is 3.02. The van der Waals surface area contributed by atoms with Gasteiger partial charge in [0.1, 0.15) is 21.2 Å². The lowest BCUT2D eigenvalue weighted by Gasteiger charge is -2.21. The molecule has 4 N–H and O–H groups in total. The molecule has 0 spiro atoms. The number of ether oxygens (including phenoxy) is 2. The predicted octanol–water partition coefficient (Wildman–Crippen LogP) is 3.54. The first-order valence-electron chi connectivity index (χ1n) is 8.81. The average molecular weight is 383 g/mol. The number of fused-ring (bicyclic) bond motifs is 2. The van der Waals surface area contributed by atoms with E-state index < -0.39 is 5.91 Å². The molecule has 0 fully saturated rings. The van der Waals surface area contributed by atoms with Gasteiger partial charge in [-0.05, 0) is 49.4 Å². The highest BCUT2D eigenvalue weighted by Gasteiger charge is 2.26. The smallest absolute Gasteiger partial charge is 0.260 e. The van der Waals surface area contributed by atoms with Gasteiger partial charge in [-0.3, -0.25) is 4.79 Å². The molecule has 27 heavy (non-hydrogen) atoms. The number of carbonyl (C=O) groups is 1. The Bertz CT molecular complexity index is 1060. The van der Waals surface area contributed by atoms with Crippen LogP contribution in [-0.4, -0.2) is 25.1 Å². The van der Waals surface area contributed by atoms with Gasteiger partial charge < -0.3 is 20.9 Å². The van der Waals surface area contributed by atoms with E-state index in [1.807, 2.05) is 18.2 Å². The van der Waals surface area contributed by atoms with Gasteiger partial charge in [-0.15, -0.1) is 11.3 Å². The normalized spacial score (nSPS) is 13.4. The van der Waals surface area contributed by atoms with Gasteiger partial charge in [-0.25, -0.2) is 4.98 Å². The summed E-state index contributed by atoms with van der Waals surface area (Å²) >= 11 is 1.25. The van der Waals surface area contributed by atoms with Gasteiger partial charge in [0.25, 0.3) is 5.91 Å². The largest absolute Gasteiger partial charge is 0.497 e. The molecular formula is C20H21N3O3S. The van der Waals surface area contributed by atoms with Crippen molar-refractivity contribution in [1.82, 2.24) is 4.98 Å². The summed E-state index contributed by atoms with van der Waals surface area (Å²) in [6.45, 7) is 0. The van der Waals surface area contributed by atoms with Crippen LogP contribution in [0.15, 0.2) is 18.2 Å².